The van der Waals surface area contributed by atoms with E-state index in [-0.39, 0.29) is 13.1 Å². The number of rotatable bonds is 17. The zero-order valence-corrected chi connectivity index (χ0v) is 21.7. The second-order valence-corrected chi connectivity index (χ2v) is 8.51. The van der Waals surface area contributed by atoms with Crippen LogP contribution in [0.1, 0.15) is 18.3 Å². The Labute approximate surface area is 225 Å². The maximum absolute atomic E-state index is 10.6. The molecule has 39 heavy (non-hydrogen) atoms. The molecule has 14 heteroatoms. The zero-order chi connectivity index (χ0) is 29.2. The van der Waals surface area contributed by atoms with E-state index < -0.39 is 56.2 Å². The highest BCUT2D eigenvalue weighted by atomic mass is 16.4. The number of carbonyl (C=O) groups is 4. The number of hydrogen-bond donors (Lipinski definition) is 5. The van der Waals surface area contributed by atoms with E-state index >= 15 is 0 Å². The van der Waals surface area contributed by atoms with Crippen LogP contribution in [-0.2, 0) is 32.3 Å². The van der Waals surface area contributed by atoms with E-state index in [1.54, 1.807) is 0 Å². The second-order valence-electron chi connectivity index (χ2n) is 8.51. The standard InChI is InChI=1S/C14H17N3.C11H18N2O9/c1-2-17(11-13-7-3-5-9-15-13)12-14-8-4-6-10-16-14;14-7(1-12(3-8(15)16)4-9(17)18)2-13(5-10(19)20)6-11(21)22/h3-10H,2,11-12H2,1H3;7,14H,1-6H2,(H,15,16)(H,17,18)(H,19,20)(H,21,22). The molecule has 0 fully saturated rings. The van der Waals surface area contributed by atoms with Gasteiger partial charge in [-0.25, -0.2) is 0 Å². The van der Waals surface area contributed by atoms with Gasteiger partial charge in [0.05, 0.1) is 43.7 Å². The molecule has 0 aliphatic heterocycles. The molecule has 214 valence electrons. The van der Waals surface area contributed by atoms with Crippen LogP contribution in [0.15, 0.2) is 48.8 Å². The molecule has 0 aliphatic carbocycles. The molecule has 0 saturated heterocycles. The van der Waals surface area contributed by atoms with E-state index in [0.717, 1.165) is 40.8 Å². The minimum Gasteiger partial charge on any atom is -0.480 e. The number of carboxylic acids is 4. The van der Waals surface area contributed by atoms with Gasteiger partial charge in [-0.05, 0) is 30.8 Å². The topological polar surface area (TPSA) is 205 Å². The van der Waals surface area contributed by atoms with E-state index in [0.29, 0.717) is 0 Å². The first-order valence-corrected chi connectivity index (χ1v) is 12.0. The first-order valence-electron chi connectivity index (χ1n) is 12.0. The lowest BCUT2D eigenvalue weighted by atomic mass is 10.2. The maximum Gasteiger partial charge on any atom is 0.317 e. The van der Waals surface area contributed by atoms with Gasteiger partial charge in [-0.1, -0.05) is 19.1 Å². The predicted molar refractivity (Wildman–Crippen MR) is 138 cm³/mol. The minimum atomic E-state index is -1.31. The van der Waals surface area contributed by atoms with Crippen molar-refractivity contribution in [3.05, 3.63) is 60.2 Å². The lowest BCUT2D eigenvalue weighted by Crippen LogP contribution is -2.46. The van der Waals surface area contributed by atoms with E-state index in [9.17, 15) is 24.3 Å². The Morgan fingerprint density at radius 1 is 0.667 bits per heavy atom. The number of nitrogens with zero attached hydrogens (tertiary/aromatic N) is 5. The average molecular weight is 550 g/mol. The van der Waals surface area contributed by atoms with Crippen LogP contribution in [0.5, 0.6) is 0 Å². The maximum atomic E-state index is 10.6. The highest BCUT2D eigenvalue weighted by Gasteiger charge is 2.21. The third kappa shape index (κ3) is 16.5. The molecule has 0 saturated carbocycles. The molecule has 0 atom stereocenters. The number of aliphatic carboxylic acids is 4. The van der Waals surface area contributed by atoms with Gasteiger partial charge in [0.15, 0.2) is 0 Å². The highest BCUT2D eigenvalue weighted by molar-refractivity contribution is 5.73. The van der Waals surface area contributed by atoms with Crippen LogP contribution in [0, 0.1) is 0 Å². The molecule has 2 aromatic heterocycles. The Morgan fingerprint density at radius 2 is 1.03 bits per heavy atom. The van der Waals surface area contributed by atoms with Crippen molar-refractivity contribution in [2.24, 2.45) is 0 Å². The number of hydrogen-bond acceptors (Lipinski definition) is 10. The number of aromatic nitrogens is 2. The third-order valence-corrected chi connectivity index (χ3v) is 5.04. The summed E-state index contributed by atoms with van der Waals surface area (Å²) in [5.74, 6) is -5.16. The molecule has 0 amide bonds. The molecule has 2 rings (SSSR count). The summed E-state index contributed by atoms with van der Waals surface area (Å²) in [4.78, 5) is 55.3. The van der Waals surface area contributed by atoms with Crippen molar-refractivity contribution in [3.63, 3.8) is 0 Å². The van der Waals surface area contributed by atoms with Crippen LogP contribution >= 0.6 is 0 Å². The molecule has 0 aliphatic rings. The zero-order valence-electron chi connectivity index (χ0n) is 21.7. The second kappa shape index (κ2) is 18.3. The molecule has 14 nitrogen and oxygen atoms in total. The Kier molecular flexibility index (Phi) is 15.5. The molecule has 5 N–H and O–H groups in total. The first-order chi connectivity index (χ1) is 18.5. The van der Waals surface area contributed by atoms with E-state index in [4.69, 9.17) is 20.4 Å². The van der Waals surface area contributed by atoms with Gasteiger partial charge in [0, 0.05) is 38.6 Å². The van der Waals surface area contributed by atoms with Gasteiger partial charge in [-0.3, -0.25) is 43.8 Å². The molecule has 0 spiro atoms. The van der Waals surface area contributed by atoms with Gasteiger partial charge >= 0.3 is 23.9 Å². The van der Waals surface area contributed by atoms with Crippen molar-refractivity contribution in [3.8, 4) is 0 Å². The Bertz CT molecular complexity index is 916. The van der Waals surface area contributed by atoms with Gasteiger partial charge in [0.25, 0.3) is 0 Å². The first kappa shape index (κ1) is 33.0. The highest BCUT2D eigenvalue weighted by Crippen LogP contribution is 2.06. The summed E-state index contributed by atoms with van der Waals surface area (Å²) in [6.45, 7) is 1.69. The van der Waals surface area contributed by atoms with Crippen molar-refractivity contribution in [2.75, 3.05) is 45.8 Å². The van der Waals surface area contributed by atoms with Crippen LogP contribution in [0.2, 0.25) is 0 Å². The van der Waals surface area contributed by atoms with Crippen LogP contribution < -0.4 is 0 Å². The van der Waals surface area contributed by atoms with Gasteiger partial charge in [0.1, 0.15) is 0 Å². The average Bonchev–Trinajstić information content (AvgIpc) is 2.83. The largest absolute Gasteiger partial charge is 0.480 e. The van der Waals surface area contributed by atoms with Gasteiger partial charge < -0.3 is 25.5 Å². The lowest BCUT2D eigenvalue weighted by molar-refractivity contribution is -0.143. The lowest BCUT2D eigenvalue weighted by Gasteiger charge is -2.25. The number of pyridine rings is 2. The van der Waals surface area contributed by atoms with Crippen molar-refractivity contribution in [1.29, 1.82) is 0 Å². The molecular formula is C25H35N5O9. The molecule has 0 bridgehead atoms. The van der Waals surface area contributed by atoms with E-state index in [1.165, 1.54) is 0 Å². The van der Waals surface area contributed by atoms with Crippen LogP contribution in [0.4, 0.5) is 0 Å². The fraction of sp³-hybridized carbons (Fsp3) is 0.440. The smallest absolute Gasteiger partial charge is 0.317 e. The van der Waals surface area contributed by atoms with Crippen LogP contribution in [0.3, 0.4) is 0 Å². The number of aliphatic hydroxyl groups excluding tert-OH is 1. The van der Waals surface area contributed by atoms with Crippen molar-refractivity contribution in [2.45, 2.75) is 26.1 Å². The Hall–Kier alpha value is -3.98. The van der Waals surface area contributed by atoms with E-state index in [2.05, 4.69) is 33.9 Å². The SMILES string of the molecule is CCN(Cc1ccccn1)Cc1ccccn1.O=C(O)CN(CC(=O)O)CC(O)CN(CC(=O)O)CC(=O)O. The normalized spacial score (nSPS) is 10.9. The summed E-state index contributed by atoms with van der Waals surface area (Å²) in [7, 11) is 0. The van der Waals surface area contributed by atoms with Crippen LogP contribution in [0.25, 0.3) is 0 Å². The quantitative estimate of drug-likeness (QED) is 0.173. The summed E-state index contributed by atoms with van der Waals surface area (Å²) < 4.78 is 0. The van der Waals surface area contributed by atoms with E-state index in [1.807, 2.05) is 36.7 Å². The van der Waals surface area contributed by atoms with Crippen LogP contribution in [-0.4, -0.2) is 126 Å². The number of carboxylic acid groups (broad SMARTS) is 4. The van der Waals surface area contributed by atoms with Gasteiger partial charge in [-0.15, -0.1) is 0 Å². The molecule has 0 radical (unpaired) electrons. The summed E-state index contributed by atoms with van der Waals surface area (Å²) in [6.07, 6.45) is 2.37. The van der Waals surface area contributed by atoms with Crippen molar-refractivity contribution >= 4 is 23.9 Å². The summed E-state index contributed by atoms with van der Waals surface area (Å²) in [5.41, 5.74) is 2.20. The molecule has 2 heterocycles. The molecule has 0 aromatic carbocycles. The Balaban J connectivity index is 0.000000400. The summed E-state index contributed by atoms with van der Waals surface area (Å²) in [5, 5.41) is 44.4. The predicted octanol–water partition coefficient (Wildman–Crippen LogP) is -0.212. The Morgan fingerprint density at radius 3 is 1.28 bits per heavy atom. The summed E-state index contributed by atoms with van der Waals surface area (Å²) >= 11 is 0. The van der Waals surface area contributed by atoms with Crippen molar-refractivity contribution in [1.82, 2.24) is 24.7 Å². The third-order valence-electron chi connectivity index (χ3n) is 5.04. The van der Waals surface area contributed by atoms with Crippen molar-refractivity contribution < 1.29 is 44.7 Å². The molecule has 0 unspecified atom stereocenters. The number of aliphatic hydroxyl groups is 1. The fourth-order valence-electron chi connectivity index (χ4n) is 3.51. The molecular weight excluding hydrogens is 514 g/mol. The van der Waals surface area contributed by atoms with Gasteiger partial charge in [0.2, 0.25) is 0 Å². The van der Waals surface area contributed by atoms with Gasteiger partial charge in [-0.2, -0.15) is 0 Å². The summed E-state index contributed by atoms with van der Waals surface area (Å²) in [6, 6.07) is 12.0. The fourth-order valence-corrected chi connectivity index (χ4v) is 3.51. The molecule has 2 aromatic rings. The minimum absolute atomic E-state index is 0.353. The monoisotopic (exact) mass is 549 g/mol.